The van der Waals surface area contributed by atoms with E-state index in [0.29, 0.717) is 13.1 Å². The highest BCUT2D eigenvalue weighted by Gasteiger charge is 2.60. The Kier molecular flexibility index (Phi) is 3.85. The highest BCUT2D eigenvalue weighted by molar-refractivity contribution is 5.69. The minimum atomic E-state index is -0.454. The molecule has 0 radical (unpaired) electrons. The van der Waals surface area contributed by atoms with E-state index < -0.39 is 5.60 Å². The van der Waals surface area contributed by atoms with Gasteiger partial charge in [-0.2, -0.15) is 0 Å². The number of carbonyl (C=O) groups excluding carboxylic acids is 1. The minimum absolute atomic E-state index is 0.0209. The van der Waals surface area contributed by atoms with Crippen LogP contribution in [0.25, 0.3) is 0 Å². The molecular formula is C20H28N2O3. The maximum Gasteiger partial charge on any atom is 0.410 e. The summed E-state index contributed by atoms with van der Waals surface area (Å²) in [5.41, 5.74) is 0.677. The number of hydrogen-bond acceptors (Lipinski definition) is 4. The van der Waals surface area contributed by atoms with Crippen LogP contribution >= 0.6 is 0 Å². The van der Waals surface area contributed by atoms with Crippen molar-refractivity contribution >= 4 is 6.09 Å². The van der Waals surface area contributed by atoms with E-state index in [1.807, 2.05) is 20.8 Å². The Labute approximate surface area is 149 Å². The molecule has 0 unspecified atom stereocenters. The number of amides is 1. The summed E-state index contributed by atoms with van der Waals surface area (Å²) in [6.45, 7) is 9.79. The standard InChI is InChI=1S/C20H28N2O3/c1-18(2,3)24-17(23)22-14-20(15-22)13-21(12-19(25-20)9-10-19)11-16-7-5-4-6-8-16/h4-8H,9-15H2,1-3H3. The van der Waals surface area contributed by atoms with Gasteiger partial charge in [0, 0.05) is 19.6 Å². The zero-order valence-electron chi connectivity index (χ0n) is 15.5. The van der Waals surface area contributed by atoms with E-state index in [0.717, 1.165) is 32.5 Å². The lowest BCUT2D eigenvalue weighted by Gasteiger charge is -2.56. The Bertz CT molecular complexity index is 643. The summed E-state index contributed by atoms with van der Waals surface area (Å²) in [5.74, 6) is 0. The highest BCUT2D eigenvalue weighted by atomic mass is 16.6. The smallest absolute Gasteiger partial charge is 0.410 e. The first-order chi connectivity index (χ1) is 11.8. The molecule has 5 nitrogen and oxygen atoms in total. The van der Waals surface area contributed by atoms with Gasteiger partial charge in [-0.15, -0.1) is 0 Å². The van der Waals surface area contributed by atoms with Crippen LogP contribution < -0.4 is 0 Å². The molecule has 4 rings (SSSR count). The molecule has 3 aliphatic rings. The molecule has 0 atom stereocenters. The highest BCUT2D eigenvalue weighted by Crippen LogP contribution is 2.49. The average Bonchev–Trinajstić information content (AvgIpc) is 3.21. The molecule has 2 spiro atoms. The molecule has 2 saturated heterocycles. The normalized spacial score (nSPS) is 24.2. The van der Waals surface area contributed by atoms with Crippen LogP contribution in [0, 0.1) is 0 Å². The summed E-state index contributed by atoms with van der Waals surface area (Å²) < 4.78 is 12.0. The van der Waals surface area contributed by atoms with Crippen LogP contribution in [0.15, 0.2) is 30.3 Å². The van der Waals surface area contributed by atoms with E-state index >= 15 is 0 Å². The van der Waals surface area contributed by atoms with Gasteiger partial charge in [0.25, 0.3) is 0 Å². The van der Waals surface area contributed by atoms with Gasteiger partial charge in [-0.25, -0.2) is 4.79 Å². The van der Waals surface area contributed by atoms with Crippen molar-refractivity contribution in [3.05, 3.63) is 35.9 Å². The number of morpholine rings is 1. The number of benzene rings is 1. The molecule has 25 heavy (non-hydrogen) atoms. The molecule has 3 fully saturated rings. The molecule has 0 bridgehead atoms. The number of rotatable bonds is 2. The van der Waals surface area contributed by atoms with Gasteiger partial charge in [-0.05, 0) is 39.2 Å². The predicted octanol–water partition coefficient (Wildman–Crippen LogP) is 3.04. The fourth-order valence-corrected chi connectivity index (χ4v) is 4.02. The van der Waals surface area contributed by atoms with Gasteiger partial charge >= 0.3 is 6.09 Å². The lowest BCUT2D eigenvalue weighted by atomic mass is 9.90. The number of likely N-dealkylation sites (tertiary alicyclic amines) is 1. The SMILES string of the molecule is CC(C)(C)OC(=O)N1CC2(CN(Cc3ccccc3)CC3(CC3)O2)C1. The Balaban J connectivity index is 1.40. The van der Waals surface area contributed by atoms with Crippen molar-refractivity contribution in [1.29, 1.82) is 0 Å². The van der Waals surface area contributed by atoms with Crippen LogP contribution in [0.5, 0.6) is 0 Å². The van der Waals surface area contributed by atoms with Gasteiger partial charge in [0.2, 0.25) is 0 Å². The maximum absolute atomic E-state index is 12.3. The molecule has 1 aliphatic carbocycles. The van der Waals surface area contributed by atoms with E-state index in [-0.39, 0.29) is 17.3 Å². The maximum atomic E-state index is 12.3. The van der Waals surface area contributed by atoms with Gasteiger partial charge in [-0.1, -0.05) is 30.3 Å². The van der Waals surface area contributed by atoms with E-state index in [9.17, 15) is 4.79 Å². The van der Waals surface area contributed by atoms with Gasteiger partial charge in [0.05, 0.1) is 18.7 Å². The Morgan fingerprint density at radius 2 is 1.72 bits per heavy atom. The second kappa shape index (κ2) is 5.71. The summed E-state index contributed by atoms with van der Waals surface area (Å²) >= 11 is 0. The van der Waals surface area contributed by atoms with Crippen LogP contribution in [0.3, 0.4) is 0 Å². The monoisotopic (exact) mass is 344 g/mol. The molecule has 0 aromatic heterocycles. The van der Waals surface area contributed by atoms with Crippen molar-refractivity contribution in [2.45, 2.75) is 57.0 Å². The first-order valence-corrected chi connectivity index (χ1v) is 9.21. The minimum Gasteiger partial charge on any atom is -0.444 e. The Morgan fingerprint density at radius 1 is 1.08 bits per heavy atom. The summed E-state index contributed by atoms with van der Waals surface area (Å²) in [4.78, 5) is 16.5. The lowest BCUT2D eigenvalue weighted by molar-refractivity contribution is -0.222. The number of carbonyl (C=O) groups is 1. The zero-order chi connectivity index (χ0) is 17.7. The van der Waals surface area contributed by atoms with Gasteiger partial charge in [0.15, 0.2) is 0 Å². The first kappa shape index (κ1) is 16.9. The molecule has 1 aromatic carbocycles. The molecule has 1 saturated carbocycles. The molecule has 136 valence electrons. The fourth-order valence-electron chi connectivity index (χ4n) is 4.02. The van der Waals surface area contributed by atoms with Crippen LogP contribution in [0.1, 0.15) is 39.2 Å². The molecule has 5 heteroatoms. The third-order valence-electron chi connectivity index (χ3n) is 5.12. The van der Waals surface area contributed by atoms with E-state index in [2.05, 4.69) is 35.2 Å². The van der Waals surface area contributed by atoms with E-state index in [4.69, 9.17) is 9.47 Å². The quantitative estimate of drug-likeness (QED) is 0.827. The Hall–Kier alpha value is -1.59. The second-order valence-corrected chi connectivity index (χ2v) is 8.94. The van der Waals surface area contributed by atoms with Crippen LogP contribution in [0.2, 0.25) is 0 Å². The number of hydrogen-bond donors (Lipinski definition) is 0. The first-order valence-electron chi connectivity index (χ1n) is 9.21. The van der Waals surface area contributed by atoms with Crippen molar-refractivity contribution < 1.29 is 14.3 Å². The number of ether oxygens (including phenoxy) is 2. The van der Waals surface area contributed by atoms with E-state index in [1.165, 1.54) is 5.56 Å². The summed E-state index contributed by atoms with van der Waals surface area (Å²) in [6.07, 6.45) is 2.03. The van der Waals surface area contributed by atoms with Gasteiger partial charge < -0.3 is 14.4 Å². The third kappa shape index (κ3) is 3.67. The molecule has 0 N–H and O–H groups in total. The topological polar surface area (TPSA) is 42.0 Å². The third-order valence-corrected chi connectivity index (χ3v) is 5.12. The van der Waals surface area contributed by atoms with Crippen molar-refractivity contribution in [1.82, 2.24) is 9.80 Å². The second-order valence-electron chi connectivity index (χ2n) is 8.94. The van der Waals surface area contributed by atoms with Crippen molar-refractivity contribution in [2.24, 2.45) is 0 Å². The molecule has 1 amide bonds. The number of nitrogens with zero attached hydrogens (tertiary/aromatic N) is 2. The van der Waals surface area contributed by atoms with Gasteiger partial charge in [0.1, 0.15) is 11.2 Å². The zero-order valence-corrected chi connectivity index (χ0v) is 15.5. The summed E-state index contributed by atoms with van der Waals surface area (Å²) in [7, 11) is 0. The van der Waals surface area contributed by atoms with E-state index in [1.54, 1.807) is 4.90 Å². The van der Waals surface area contributed by atoms with Gasteiger partial charge in [-0.3, -0.25) is 4.90 Å². The lowest BCUT2D eigenvalue weighted by Crippen LogP contribution is -2.73. The van der Waals surface area contributed by atoms with Crippen molar-refractivity contribution in [3.63, 3.8) is 0 Å². The fraction of sp³-hybridized carbons (Fsp3) is 0.650. The Morgan fingerprint density at radius 3 is 2.32 bits per heavy atom. The molecule has 2 aliphatic heterocycles. The van der Waals surface area contributed by atoms with Crippen LogP contribution in [-0.4, -0.2) is 58.9 Å². The molecule has 1 aromatic rings. The van der Waals surface area contributed by atoms with Crippen LogP contribution in [0.4, 0.5) is 4.79 Å². The molecule has 2 heterocycles. The average molecular weight is 344 g/mol. The van der Waals surface area contributed by atoms with Crippen molar-refractivity contribution in [3.8, 4) is 0 Å². The van der Waals surface area contributed by atoms with Crippen LogP contribution in [-0.2, 0) is 16.0 Å². The molecular weight excluding hydrogens is 316 g/mol. The summed E-state index contributed by atoms with van der Waals surface area (Å²) in [6, 6.07) is 10.6. The van der Waals surface area contributed by atoms with Crippen molar-refractivity contribution in [2.75, 3.05) is 26.2 Å². The predicted molar refractivity (Wildman–Crippen MR) is 95.3 cm³/mol. The summed E-state index contributed by atoms with van der Waals surface area (Å²) in [5, 5.41) is 0. The largest absolute Gasteiger partial charge is 0.444 e.